The molecule has 0 aliphatic carbocycles. The molecule has 1 aromatic carbocycles. The molecular formula is C11H15ClN2O2. The van der Waals surface area contributed by atoms with Gasteiger partial charge in [-0.05, 0) is 26.0 Å². The lowest BCUT2D eigenvalue weighted by atomic mass is 10.2. The maximum atomic E-state index is 10.5. The van der Waals surface area contributed by atoms with Gasteiger partial charge in [0.15, 0.2) is 0 Å². The number of halogens is 1. The van der Waals surface area contributed by atoms with Crippen LogP contribution in [0.2, 0.25) is 0 Å². The molecule has 0 unspecified atom stereocenters. The molecule has 0 aliphatic rings. The molecule has 1 rings (SSSR count). The van der Waals surface area contributed by atoms with Gasteiger partial charge >= 0.3 is 0 Å². The number of rotatable bonds is 5. The number of hydrogen-bond donors (Lipinski definition) is 0. The van der Waals surface area contributed by atoms with Gasteiger partial charge in [-0.2, -0.15) is 0 Å². The molecule has 1 aromatic rings. The highest BCUT2D eigenvalue weighted by atomic mass is 35.5. The van der Waals surface area contributed by atoms with Crippen molar-refractivity contribution in [1.82, 2.24) is 0 Å². The lowest BCUT2D eigenvalue weighted by molar-refractivity contribution is -0.384. The molecule has 0 aliphatic heterocycles. The summed E-state index contributed by atoms with van der Waals surface area (Å²) in [5.41, 5.74) is 1.07. The molecule has 0 aromatic heterocycles. The van der Waals surface area contributed by atoms with Crippen molar-refractivity contribution >= 4 is 23.0 Å². The minimum atomic E-state index is -0.398. The number of anilines is 1. The molecule has 0 spiro atoms. The first-order valence-electron chi connectivity index (χ1n) is 5.13. The molecule has 0 N–H and O–H groups in total. The van der Waals surface area contributed by atoms with E-state index in [9.17, 15) is 10.1 Å². The largest absolute Gasteiger partial charge is 0.368 e. The van der Waals surface area contributed by atoms with Crippen molar-refractivity contribution in [3.8, 4) is 0 Å². The van der Waals surface area contributed by atoms with Crippen molar-refractivity contribution in [2.75, 3.05) is 17.3 Å². The fourth-order valence-corrected chi connectivity index (χ4v) is 1.72. The van der Waals surface area contributed by atoms with Crippen molar-refractivity contribution in [2.45, 2.75) is 19.9 Å². The summed E-state index contributed by atoms with van der Waals surface area (Å²) in [6.07, 6.45) is 0. The first-order valence-corrected chi connectivity index (χ1v) is 5.66. The fraction of sp³-hybridized carbons (Fsp3) is 0.455. The Labute approximate surface area is 100.0 Å². The Balaban J connectivity index is 2.89. The van der Waals surface area contributed by atoms with Gasteiger partial charge in [-0.15, -0.1) is 11.6 Å². The number of benzene rings is 1. The monoisotopic (exact) mass is 242 g/mol. The first-order chi connectivity index (χ1) is 7.56. The minimum Gasteiger partial charge on any atom is -0.368 e. The van der Waals surface area contributed by atoms with Crippen LogP contribution in [-0.2, 0) is 0 Å². The van der Waals surface area contributed by atoms with Crippen LogP contribution in [0, 0.1) is 10.1 Å². The summed E-state index contributed by atoms with van der Waals surface area (Å²) in [7, 11) is 0. The summed E-state index contributed by atoms with van der Waals surface area (Å²) in [5, 5.41) is 10.5. The lowest BCUT2D eigenvalue weighted by Crippen LogP contribution is -2.32. The van der Waals surface area contributed by atoms with Gasteiger partial charge in [-0.25, -0.2) is 0 Å². The van der Waals surface area contributed by atoms with E-state index in [4.69, 9.17) is 11.6 Å². The second kappa shape index (κ2) is 5.70. The first kappa shape index (κ1) is 12.8. The average Bonchev–Trinajstić information content (AvgIpc) is 2.25. The van der Waals surface area contributed by atoms with Crippen LogP contribution in [0.5, 0.6) is 0 Å². The van der Waals surface area contributed by atoms with E-state index in [1.54, 1.807) is 12.1 Å². The highest BCUT2D eigenvalue weighted by molar-refractivity contribution is 6.18. The molecule has 0 saturated carbocycles. The Kier molecular flexibility index (Phi) is 4.55. The summed E-state index contributed by atoms with van der Waals surface area (Å²) in [6.45, 7) is 4.86. The zero-order valence-corrected chi connectivity index (χ0v) is 10.1. The Morgan fingerprint density at radius 1 is 1.38 bits per heavy atom. The molecular weight excluding hydrogens is 228 g/mol. The van der Waals surface area contributed by atoms with Crippen LogP contribution in [0.4, 0.5) is 11.4 Å². The third kappa shape index (κ3) is 3.10. The molecule has 0 amide bonds. The molecule has 0 heterocycles. The van der Waals surface area contributed by atoms with Gasteiger partial charge in [-0.1, -0.05) is 0 Å². The van der Waals surface area contributed by atoms with E-state index in [0.29, 0.717) is 11.9 Å². The van der Waals surface area contributed by atoms with Gasteiger partial charge in [0.05, 0.1) is 4.92 Å². The molecule has 88 valence electrons. The minimum absolute atomic E-state index is 0.110. The normalized spacial score (nSPS) is 10.5. The quantitative estimate of drug-likeness (QED) is 0.453. The second-order valence-corrected chi connectivity index (χ2v) is 4.13. The molecule has 16 heavy (non-hydrogen) atoms. The Hall–Kier alpha value is -1.29. The van der Waals surface area contributed by atoms with E-state index in [2.05, 4.69) is 18.7 Å². The number of nitro benzene ring substituents is 1. The molecule has 0 atom stereocenters. The summed E-state index contributed by atoms with van der Waals surface area (Å²) in [4.78, 5) is 12.2. The number of nitro groups is 1. The predicted molar refractivity (Wildman–Crippen MR) is 66.3 cm³/mol. The van der Waals surface area contributed by atoms with E-state index in [-0.39, 0.29) is 5.69 Å². The van der Waals surface area contributed by atoms with Crippen LogP contribution in [0.3, 0.4) is 0 Å². The number of nitrogens with zero attached hydrogens (tertiary/aromatic N) is 2. The Morgan fingerprint density at radius 3 is 2.31 bits per heavy atom. The summed E-state index contributed by atoms with van der Waals surface area (Å²) in [6, 6.07) is 6.85. The molecule has 0 saturated heterocycles. The van der Waals surface area contributed by atoms with Gasteiger partial charge in [-0.3, -0.25) is 10.1 Å². The van der Waals surface area contributed by atoms with E-state index in [0.717, 1.165) is 12.2 Å². The number of alkyl halides is 1. The van der Waals surface area contributed by atoms with E-state index in [1.807, 2.05) is 0 Å². The van der Waals surface area contributed by atoms with Crippen molar-refractivity contribution in [1.29, 1.82) is 0 Å². The molecule has 0 radical (unpaired) electrons. The summed E-state index contributed by atoms with van der Waals surface area (Å²) < 4.78 is 0. The van der Waals surface area contributed by atoms with Gasteiger partial charge in [0.2, 0.25) is 0 Å². The van der Waals surface area contributed by atoms with Crippen molar-refractivity contribution in [2.24, 2.45) is 0 Å². The van der Waals surface area contributed by atoms with Crippen molar-refractivity contribution < 1.29 is 4.92 Å². The maximum Gasteiger partial charge on any atom is 0.269 e. The number of non-ortho nitro benzene ring substituents is 1. The van der Waals surface area contributed by atoms with Gasteiger partial charge in [0, 0.05) is 36.3 Å². The van der Waals surface area contributed by atoms with Crippen LogP contribution in [-0.4, -0.2) is 23.4 Å². The van der Waals surface area contributed by atoms with Crippen LogP contribution in [0.25, 0.3) is 0 Å². The van der Waals surface area contributed by atoms with Gasteiger partial charge in [0.1, 0.15) is 0 Å². The highest BCUT2D eigenvalue weighted by Gasteiger charge is 2.11. The third-order valence-electron chi connectivity index (χ3n) is 2.34. The summed E-state index contributed by atoms with van der Waals surface area (Å²) in [5.74, 6) is 0.537. The third-order valence-corrected chi connectivity index (χ3v) is 2.51. The van der Waals surface area contributed by atoms with Gasteiger partial charge < -0.3 is 4.90 Å². The topological polar surface area (TPSA) is 46.4 Å². The highest BCUT2D eigenvalue weighted by Crippen LogP contribution is 2.21. The van der Waals surface area contributed by atoms with Crippen molar-refractivity contribution in [3.05, 3.63) is 34.4 Å². The number of hydrogen-bond acceptors (Lipinski definition) is 3. The SMILES string of the molecule is CC(C)N(CCCl)c1ccc([N+](=O)[O-])cc1. The van der Waals surface area contributed by atoms with Gasteiger partial charge in [0.25, 0.3) is 5.69 Å². The molecule has 4 nitrogen and oxygen atoms in total. The fourth-order valence-electron chi connectivity index (χ4n) is 1.54. The average molecular weight is 243 g/mol. The molecule has 0 bridgehead atoms. The lowest BCUT2D eigenvalue weighted by Gasteiger charge is -2.28. The van der Waals surface area contributed by atoms with Crippen LogP contribution < -0.4 is 4.90 Å². The zero-order chi connectivity index (χ0) is 12.1. The van der Waals surface area contributed by atoms with E-state index >= 15 is 0 Å². The second-order valence-electron chi connectivity index (χ2n) is 3.75. The smallest absolute Gasteiger partial charge is 0.269 e. The Bertz CT molecular complexity index is 352. The van der Waals surface area contributed by atoms with Crippen LogP contribution >= 0.6 is 11.6 Å². The molecule has 0 fully saturated rings. The van der Waals surface area contributed by atoms with Crippen molar-refractivity contribution in [3.63, 3.8) is 0 Å². The van der Waals surface area contributed by atoms with E-state index < -0.39 is 4.92 Å². The predicted octanol–water partition coefficient (Wildman–Crippen LogP) is 3.05. The summed E-state index contributed by atoms with van der Waals surface area (Å²) >= 11 is 5.72. The maximum absolute atomic E-state index is 10.5. The zero-order valence-electron chi connectivity index (χ0n) is 9.39. The Morgan fingerprint density at radius 2 is 1.94 bits per heavy atom. The standard InChI is InChI=1S/C11H15ClN2O2/c1-9(2)13(8-7-12)10-3-5-11(6-4-10)14(15)16/h3-6,9H,7-8H2,1-2H3. The van der Waals surface area contributed by atoms with Crippen LogP contribution in [0.1, 0.15) is 13.8 Å². The molecule has 5 heteroatoms. The van der Waals surface area contributed by atoms with Crippen LogP contribution in [0.15, 0.2) is 24.3 Å². The van der Waals surface area contributed by atoms with E-state index in [1.165, 1.54) is 12.1 Å².